The maximum atomic E-state index is 13.3. The lowest BCUT2D eigenvalue weighted by atomic mass is 10.2. The average Bonchev–Trinajstić information content (AvgIpc) is 2.52. The van der Waals surface area contributed by atoms with Crippen LogP contribution in [-0.4, -0.2) is 15.7 Å². The summed E-state index contributed by atoms with van der Waals surface area (Å²) in [6.07, 6.45) is 0. The van der Waals surface area contributed by atoms with E-state index in [0.717, 1.165) is 0 Å². The summed E-state index contributed by atoms with van der Waals surface area (Å²) in [7, 11) is 1.61. The van der Waals surface area contributed by atoms with Crippen molar-refractivity contribution < 1.29 is 13.9 Å². The van der Waals surface area contributed by atoms with E-state index >= 15 is 0 Å². The van der Waals surface area contributed by atoms with Crippen LogP contribution in [-0.2, 0) is 7.05 Å². The molecule has 0 atom stereocenters. The minimum atomic E-state index is -0.643. The summed E-state index contributed by atoms with van der Waals surface area (Å²) in [5.74, 6) is -0.667. The van der Waals surface area contributed by atoms with Gasteiger partial charge in [0.05, 0.1) is 5.69 Å². The lowest BCUT2D eigenvalue weighted by Gasteiger charge is -2.08. The third-order valence-corrected chi connectivity index (χ3v) is 2.92. The first-order valence-corrected chi connectivity index (χ1v) is 6.15. The van der Waals surface area contributed by atoms with E-state index in [9.17, 15) is 9.18 Å². The quantitative estimate of drug-likeness (QED) is 0.941. The molecule has 0 unspecified atom stereocenters. The van der Waals surface area contributed by atoms with E-state index in [4.69, 9.17) is 10.5 Å². The Morgan fingerprint density at radius 2 is 2.16 bits per heavy atom. The largest absolute Gasteiger partial charge is 0.438 e. The van der Waals surface area contributed by atoms with Gasteiger partial charge in [-0.3, -0.25) is 4.79 Å². The summed E-state index contributed by atoms with van der Waals surface area (Å²) in [5, 5.41) is 4.06. The van der Waals surface area contributed by atoms with Crippen molar-refractivity contribution in [3.8, 4) is 11.6 Å². The Balaban J connectivity index is 2.46. The number of carbonyl (C=O) groups is 1. The molecular formula is C12H11BrFN3O2. The maximum absolute atomic E-state index is 13.3. The number of hydrogen-bond acceptors (Lipinski definition) is 3. The minimum Gasteiger partial charge on any atom is -0.438 e. The first kappa shape index (κ1) is 13.5. The van der Waals surface area contributed by atoms with Crippen molar-refractivity contribution in [1.82, 2.24) is 9.78 Å². The highest BCUT2D eigenvalue weighted by Crippen LogP contribution is 2.29. The predicted molar refractivity (Wildman–Crippen MR) is 70.6 cm³/mol. The summed E-state index contributed by atoms with van der Waals surface area (Å²) in [5.41, 5.74) is 5.93. The van der Waals surface area contributed by atoms with Crippen LogP contribution in [0.3, 0.4) is 0 Å². The van der Waals surface area contributed by atoms with Crippen molar-refractivity contribution in [2.45, 2.75) is 6.92 Å². The number of carbonyl (C=O) groups excluding carboxylic acids is 1. The number of hydrogen-bond donors (Lipinski definition) is 1. The Labute approximate surface area is 117 Å². The van der Waals surface area contributed by atoms with Gasteiger partial charge in [0, 0.05) is 17.6 Å². The molecule has 0 saturated carbocycles. The molecule has 2 rings (SSSR count). The zero-order chi connectivity index (χ0) is 14.2. The van der Waals surface area contributed by atoms with Gasteiger partial charge < -0.3 is 10.5 Å². The molecule has 2 N–H and O–H groups in total. The van der Waals surface area contributed by atoms with Crippen LogP contribution in [0.25, 0.3) is 0 Å². The molecule has 1 heterocycles. The lowest BCUT2D eigenvalue weighted by Crippen LogP contribution is -2.13. The second-order valence-electron chi connectivity index (χ2n) is 3.96. The highest BCUT2D eigenvalue weighted by atomic mass is 79.9. The van der Waals surface area contributed by atoms with Gasteiger partial charge >= 0.3 is 0 Å². The molecule has 1 aromatic carbocycles. The normalized spacial score (nSPS) is 10.5. The molecule has 1 aromatic heterocycles. The van der Waals surface area contributed by atoms with E-state index in [2.05, 4.69) is 21.0 Å². The van der Waals surface area contributed by atoms with Crippen LogP contribution in [0.1, 0.15) is 16.1 Å². The Bertz CT molecular complexity index is 634. The fourth-order valence-electron chi connectivity index (χ4n) is 1.74. The van der Waals surface area contributed by atoms with Crippen molar-refractivity contribution in [3.05, 3.63) is 39.7 Å². The topological polar surface area (TPSA) is 70.1 Å². The fraction of sp³-hybridized carbons (Fsp3) is 0.167. The summed E-state index contributed by atoms with van der Waals surface area (Å²) >= 11 is 3.16. The van der Waals surface area contributed by atoms with Crippen molar-refractivity contribution in [1.29, 1.82) is 0 Å². The van der Waals surface area contributed by atoms with Gasteiger partial charge in [-0.1, -0.05) is 15.9 Å². The number of aryl methyl sites for hydroxylation is 2. The summed E-state index contributed by atoms with van der Waals surface area (Å²) in [6.45, 7) is 1.65. The molecule has 0 radical (unpaired) electrons. The smallest absolute Gasteiger partial charge is 0.256 e. The van der Waals surface area contributed by atoms with E-state index in [1.54, 1.807) is 20.0 Å². The van der Waals surface area contributed by atoms with Gasteiger partial charge in [-0.15, -0.1) is 0 Å². The maximum Gasteiger partial charge on any atom is 0.256 e. The van der Waals surface area contributed by atoms with Gasteiger partial charge in [0.1, 0.15) is 17.1 Å². The molecule has 0 saturated heterocycles. The molecule has 19 heavy (non-hydrogen) atoms. The zero-order valence-electron chi connectivity index (χ0n) is 10.3. The molecule has 0 aliphatic carbocycles. The molecule has 100 valence electrons. The van der Waals surface area contributed by atoms with Crippen LogP contribution in [0.15, 0.2) is 22.7 Å². The first-order chi connectivity index (χ1) is 8.88. The summed E-state index contributed by atoms with van der Waals surface area (Å²) < 4.78 is 20.7. The van der Waals surface area contributed by atoms with Crippen molar-refractivity contribution in [2.75, 3.05) is 0 Å². The van der Waals surface area contributed by atoms with E-state index < -0.39 is 11.7 Å². The molecule has 0 spiro atoms. The van der Waals surface area contributed by atoms with Crippen LogP contribution in [0.2, 0.25) is 0 Å². The Hall–Kier alpha value is -1.89. The highest BCUT2D eigenvalue weighted by molar-refractivity contribution is 9.10. The minimum absolute atomic E-state index is 0.183. The third kappa shape index (κ3) is 2.76. The molecule has 5 nitrogen and oxygen atoms in total. The molecule has 0 fully saturated rings. The average molecular weight is 328 g/mol. The number of primary amides is 1. The number of rotatable bonds is 3. The number of ether oxygens (including phenoxy) is 1. The SMILES string of the molecule is Cc1nn(C)c(Oc2cc(F)cc(Br)c2)c1C(N)=O. The highest BCUT2D eigenvalue weighted by Gasteiger charge is 2.20. The van der Waals surface area contributed by atoms with E-state index in [0.29, 0.717) is 10.2 Å². The molecule has 0 bridgehead atoms. The number of amides is 1. The van der Waals surface area contributed by atoms with Gasteiger partial charge in [0.25, 0.3) is 5.91 Å². The van der Waals surface area contributed by atoms with Crippen molar-refractivity contribution in [3.63, 3.8) is 0 Å². The van der Waals surface area contributed by atoms with E-state index in [1.165, 1.54) is 16.8 Å². The summed E-state index contributed by atoms with van der Waals surface area (Å²) in [4.78, 5) is 11.4. The number of nitrogens with two attached hydrogens (primary N) is 1. The molecular weight excluding hydrogens is 317 g/mol. The monoisotopic (exact) mass is 327 g/mol. The molecule has 2 aromatic rings. The van der Waals surface area contributed by atoms with Crippen LogP contribution in [0.4, 0.5) is 4.39 Å². The number of benzene rings is 1. The second-order valence-corrected chi connectivity index (χ2v) is 4.88. The molecule has 1 amide bonds. The summed E-state index contributed by atoms with van der Waals surface area (Å²) in [6, 6.07) is 4.09. The number of halogens is 2. The Morgan fingerprint density at radius 3 is 2.74 bits per heavy atom. The van der Waals surface area contributed by atoms with Gasteiger partial charge in [0.2, 0.25) is 5.88 Å². The van der Waals surface area contributed by atoms with Crippen LogP contribution in [0, 0.1) is 12.7 Å². The van der Waals surface area contributed by atoms with Crippen molar-refractivity contribution in [2.24, 2.45) is 12.8 Å². The lowest BCUT2D eigenvalue weighted by molar-refractivity contribution is 0.0997. The first-order valence-electron chi connectivity index (χ1n) is 5.36. The van der Waals surface area contributed by atoms with Gasteiger partial charge in [-0.25, -0.2) is 9.07 Å². The van der Waals surface area contributed by atoms with Crippen LogP contribution >= 0.6 is 15.9 Å². The van der Waals surface area contributed by atoms with Gasteiger partial charge in [0.15, 0.2) is 0 Å². The zero-order valence-corrected chi connectivity index (χ0v) is 11.9. The molecule has 0 aliphatic heterocycles. The standard InChI is InChI=1S/C12H11BrFN3O2/c1-6-10(11(15)18)12(17(2)16-6)19-9-4-7(13)3-8(14)5-9/h3-5H,1-2H3,(H2,15,18). The Kier molecular flexibility index (Phi) is 3.57. The molecule has 0 aliphatic rings. The fourth-order valence-corrected chi connectivity index (χ4v) is 2.18. The third-order valence-electron chi connectivity index (χ3n) is 2.47. The second kappa shape index (κ2) is 5.00. The predicted octanol–water partition coefficient (Wildman–Crippen LogP) is 2.52. The Morgan fingerprint density at radius 1 is 1.47 bits per heavy atom. The van der Waals surface area contributed by atoms with E-state index in [-0.39, 0.29) is 17.2 Å². The molecule has 7 heteroatoms. The number of nitrogens with zero attached hydrogens (tertiary/aromatic N) is 2. The van der Waals surface area contributed by atoms with E-state index in [1.807, 2.05) is 0 Å². The van der Waals surface area contributed by atoms with Crippen molar-refractivity contribution >= 4 is 21.8 Å². The van der Waals surface area contributed by atoms with Crippen LogP contribution in [0.5, 0.6) is 11.6 Å². The van der Waals surface area contributed by atoms with Gasteiger partial charge in [-0.2, -0.15) is 5.10 Å². The van der Waals surface area contributed by atoms with Gasteiger partial charge in [-0.05, 0) is 19.1 Å². The van der Waals surface area contributed by atoms with Crippen LogP contribution < -0.4 is 10.5 Å². The number of aromatic nitrogens is 2.